The summed E-state index contributed by atoms with van der Waals surface area (Å²) in [6.07, 6.45) is 7.85. The van der Waals surface area contributed by atoms with E-state index >= 15 is 0 Å². The Morgan fingerprint density at radius 2 is 1.95 bits per heavy atom. The molecule has 1 saturated heterocycles. The Bertz CT molecular complexity index is 1600. The molecule has 0 spiro atoms. The number of aromatic amines is 1. The van der Waals surface area contributed by atoms with E-state index in [0.717, 1.165) is 22.3 Å². The van der Waals surface area contributed by atoms with Crippen LogP contribution in [-0.4, -0.2) is 75.1 Å². The number of fused-ring (bicyclic) bond motifs is 1. The van der Waals surface area contributed by atoms with Crippen LogP contribution in [0, 0.1) is 22.7 Å². The van der Waals surface area contributed by atoms with Gasteiger partial charge in [0, 0.05) is 49.5 Å². The number of hydrogen-bond acceptors (Lipinski definition) is 8. The van der Waals surface area contributed by atoms with Crippen molar-refractivity contribution in [2.75, 3.05) is 32.7 Å². The van der Waals surface area contributed by atoms with Crippen LogP contribution in [0.2, 0.25) is 0 Å². The van der Waals surface area contributed by atoms with Crippen LogP contribution >= 0.6 is 0 Å². The van der Waals surface area contributed by atoms with Gasteiger partial charge >= 0.3 is 0 Å². The van der Waals surface area contributed by atoms with E-state index < -0.39 is 10.0 Å². The number of nitrogens with one attached hydrogen (secondary N) is 1. The second-order valence-corrected chi connectivity index (χ2v) is 10.8. The fourth-order valence-corrected chi connectivity index (χ4v) is 6.31. The van der Waals surface area contributed by atoms with E-state index in [9.17, 15) is 18.9 Å². The van der Waals surface area contributed by atoms with E-state index in [-0.39, 0.29) is 22.9 Å². The maximum Gasteiger partial charge on any atom is 0.244 e. The first-order chi connectivity index (χ1) is 18.0. The lowest BCUT2D eigenvalue weighted by Gasteiger charge is -2.25. The van der Waals surface area contributed by atoms with Gasteiger partial charge in [0.2, 0.25) is 10.0 Å². The highest BCUT2D eigenvalue weighted by Crippen LogP contribution is 2.26. The van der Waals surface area contributed by atoms with Crippen LogP contribution in [-0.2, 0) is 10.0 Å². The van der Waals surface area contributed by atoms with Gasteiger partial charge in [0.25, 0.3) is 0 Å². The predicted molar refractivity (Wildman–Crippen MR) is 135 cm³/mol. The highest BCUT2D eigenvalue weighted by Gasteiger charge is 2.29. The Morgan fingerprint density at radius 1 is 1.08 bits per heavy atom. The van der Waals surface area contributed by atoms with Crippen molar-refractivity contribution in [1.29, 1.82) is 10.5 Å². The summed E-state index contributed by atoms with van der Waals surface area (Å²) >= 11 is 0. The zero-order valence-corrected chi connectivity index (χ0v) is 20.8. The van der Waals surface area contributed by atoms with Gasteiger partial charge in [0.1, 0.15) is 18.0 Å². The van der Waals surface area contributed by atoms with Crippen molar-refractivity contribution in [2.24, 2.45) is 0 Å². The van der Waals surface area contributed by atoms with E-state index in [2.05, 4.69) is 31.0 Å². The third kappa shape index (κ3) is 4.95. The molecule has 1 fully saturated rings. The lowest BCUT2D eigenvalue weighted by molar-refractivity contribution is 0.234. The SMILES string of the molecule is N#CCC(CN1CCCN(S(=O)(=O)c2ccccc2C#N)CC1)n1cc(-c2ncnc3[nH]ccc23)cn1. The number of sulfonamides is 1. The quantitative estimate of drug-likeness (QED) is 0.395. The van der Waals surface area contributed by atoms with Crippen molar-refractivity contribution in [3.8, 4) is 23.4 Å². The minimum atomic E-state index is -3.78. The Kier molecular flexibility index (Phi) is 6.97. The molecule has 0 aliphatic carbocycles. The molecule has 4 heterocycles. The molecule has 37 heavy (non-hydrogen) atoms. The number of nitriles is 2. The van der Waals surface area contributed by atoms with Gasteiger partial charge in [0.15, 0.2) is 0 Å². The van der Waals surface area contributed by atoms with E-state index in [1.165, 1.54) is 22.8 Å². The second-order valence-electron chi connectivity index (χ2n) is 8.85. The van der Waals surface area contributed by atoms with Crippen molar-refractivity contribution >= 4 is 21.1 Å². The smallest absolute Gasteiger partial charge is 0.244 e. The minimum absolute atomic E-state index is 0.0404. The average Bonchev–Trinajstić information content (AvgIpc) is 3.54. The summed E-state index contributed by atoms with van der Waals surface area (Å²) in [6.45, 7) is 2.43. The maximum absolute atomic E-state index is 13.3. The third-order valence-electron chi connectivity index (χ3n) is 6.57. The van der Waals surface area contributed by atoms with Crippen LogP contribution in [0.15, 0.2) is 60.1 Å². The lowest BCUT2D eigenvalue weighted by Crippen LogP contribution is -2.37. The summed E-state index contributed by atoms with van der Waals surface area (Å²) in [5, 5.41) is 24.3. The van der Waals surface area contributed by atoms with E-state index in [1.807, 2.05) is 24.5 Å². The molecule has 5 rings (SSSR count). The summed E-state index contributed by atoms with van der Waals surface area (Å²) in [6, 6.07) is 12.2. The number of benzene rings is 1. The molecule has 4 aromatic rings. The van der Waals surface area contributed by atoms with Crippen LogP contribution in [0.1, 0.15) is 24.4 Å². The molecule has 1 atom stereocenters. The van der Waals surface area contributed by atoms with Gasteiger partial charge < -0.3 is 4.98 Å². The zero-order chi connectivity index (χ0) is 25.8. The third-order valence-corrected chi connectivity index (χ3v) is 8.53. The molecule has 1 N–H and O–H groups in total. The summed E-state index contributed by atoms with van der Waals surface area (Å²) < 4.78 is 29.8. The van der Waals surface area contributed by atoms with Crippen molar-refractivity contribution in [3.63, 3.8) is 0 Å². The Balaban J connectivity index is 1.31. The van der Waals surface area contributed by atoms with Crippen molar-refractivity contribution < 1.29 is 8.42 Å². The number of aromatic nitrogens is 5. The molecule has 3 aromatic heterocycles. The van der Waals surface area contributed by atoms with Gasteiger partial charge in [-0.25, -0.2) is 18.4 Å². The molecule has 1 aromatic carbocycles. The van der Waals surface area contributed by atoms with Crippen LogP contribution in [0.3, 0.4) is 0 Å². The molecule has 0 saturated carbocycles. The van der Waals surface area contributed by atoms with E-state index in [4.69, 9.17) is 0 Å². The molecule has 0 bridgehead atoms. The van der Waals surface area contributed by atoms with Crippen molar-refractivity contribution in [1.82, 2.24) is 33.9 Å². The molecule has 1 unspecified atom stereocenters. The monoisotopic (exact) mass is 515 g/mol. The number of rotatable bonds is 7. The summed E-state index contributed by atoms with van der Waals surface area (Å²) in [5.74, 6) is 0. The Labute approximate surface area is 214 Å². The molecular weight excluding hydrogens is 490 g/mol. The first-order valence-corrected chi connectivity index (χ1v) is 13.4. The van der Waals surface area contributed by atoms with Crippen molar-refractivity contribution in [2.45, 2.75) is 23.8 Å². The molecule has 188 valence electrons. The predicted octanol–water partition coefficient (Wildman–Crippen LogP) is 2.54. The molecule has 11 nitrogen and oxygen atoms in total. The highest BCUT2D eigenvalue weighted by atomic mass is 32.2. The van der Waals surface area contributed by atoms with Gasteiger partial charge in [0.05, 0.1) is 40.9 Å². The lowest BCUT2D eigenvalue weighted by atomic mass is 10.1. The molecule has 12 heteroatoms. The highest BCUT2D eigenvalue weighted by molar-refractivity contribution is 7.89. The maximum atomic E-state index is 13.3. The van der Waals surface area contributed by atoms with Crippen LogP contribution in [0.4, 0.5) is 0 Å². The first kappa shape index (κ1) is 24.6. The van der Waals surface area contributed by atoms with Crippen LogP contribution < -0.4 is 0 Å². The first-order valence-electron chi connectivity index (χ1n) is 11.9. The van der Waals surface area contributed by atoms with Gasteiger partial charge in [-0.3, -0.25) is 9.58 Å². The summed E-state index contributed by atoms with van der Waals surface area (Å²) in [4.78, 5) is 13.9. The minimum Gasteiger partial charge on any atom is -0.346 e. The Morgan fingerprint density at radius 3 is 2.78 bits per heavy atom. The normalized spacial score (nSPS) is 16.2. The summed E-state index contributed by atoms with van der Waals surface area (Å²) in [5.41, 5.74) is 2.49. The zero-order valence-electron chi connectivity index (χ0n) is 20.0. The fourth-order valence-electron chi connectivity index (χ4n) is 4.70. The largest absolute Gasteiger partial charge is 0.346 e. The van der Waals surface area contributed by atoms with Gasteiger partial charge in [-0.05, 0) is 31.2 Å². The summed E-state index contributed by atoms with van der Waals surface area (Å²) in [7, 11) is -3.78. The van der Waals surface area contributed by atoms with Crippen molar-refractivity contribution in [3.05, 3.63) is 60.8 Å². The van der Waals surface area contributed by atoms with Gasteiger partial charge in [-0.2, -0.15) is 19.9 Å². The average molecular weight is 516 g/mol. The van der Waals surface area contributed by atoms with Gasteiger partial charge in [-0.1, -0.05) is 12.1 Å². The molecule has 0 radical (unpaired) electrons. The standard InChI is InChI=1S/C25H25N9O2S/c26-8-6-21(34-16-20(15-31-34)24-22-7-9-28-25(22)30-18-29-24)17-32-10-3-11-33(13-12-32)37(35,36)23-5-2-1-4-19(23)14-27/h1-2,4-5,7,9,15-16,18,21H,3,6,10-13,17H2,(H,28,29,30). The molecule has 0 amide bonds. The number of H-pyrrole nitrogens is 1. The molecule has 1 aliphatic rings. The van der Waals surface area contributed by atoms with E-state index in [0.29, 0.717) is 39.1 Å². The number of nitrogens with zero attached hydrogens (tertiary/aromatic N) is 8. The van der Waals surface area contributed by atoms with Crippen LogP contribution in [0.25, 0.3) is 22.3 Å². The van der Waals surface area contributed by atoms with E-state index in [1.54, 1.807) is 23.0 Å². The van der Waals surface area contributed by atoms with Crippen LogP contribution in [0.5, 0.6) is 0 Å². The topological polar surface area (TPSA) is 148 Å². The van der Waals surface area contributed by atoms with Gasteiger partial charge in [-0.15, -0.1) is 0 Å². The Hall–Kier alpha value is -4.10. The molecular formula is C25H25N9O2S. The molecule has 1 aliphatic heterocycles. The second kappa shape index (κ2) is 10.5. The number of hydrogen-bond donors (Lipinski definition) is 1. The fraction of sp³-hybridized carbons (Fsp3) is 0.320.